The number of H-pyrrole nitrogens is 1. The van der Waals surface area contributed by atoms with Gasteiger partial charge in [0.2, 0.25) is 5.78 Å². The number of Topliss-reactive ketones (excluding diaryl/α,β-unsaturated/α-hetero) is 1. The van der Waals surface area contributed by atoms with Crippen LogP contribution in [0.25, 0.3) is 0 Å². The lowest BCUT2D eigenvalue weighted by molar-refractivity contribution is -0.141. The maximum absolute atomic E-state index is 12.3. The number of hydrogen-bond donors (Lipinski definition) is 1. The summed E-state index contributed by atoms with van der Waals surface area (Å²) in [5.74, 6) is -0.956. The fourth-order valence-electron chi connectivity index (χ4n) is 3.09. The van der Waals surface area contributed by atoms with Gasteiger partial charge in [-0.15, -0.1) is 0 Å². The maximum atomic E-state index is 12.3. The number of carbonyl (C=O) groups excluding carboxylic acids is 2. The van der Waals surface area contributed by atoms with Crippen LogP contribution in [0, 0.1) is 5.92 Å². The van der Waals surface area contributed by atoms with E-state index < -0.39 is 0 Å². The summed E-state index contributed by atoms with van der Waals surface area (Å²) in [6.07, 6.45) is 8.43. The minimum absolute atomic E-state index is 0.227. The highest BCUT2D eigenvalue weighted by molar-refractivity contribution is 6.39. The zero-order chi connectivity index (χ0) is 15.5. The molecule has 1 aliphatic rings. The molecule has 1 saturated heterocycles. The van der Waals surface area contributed by atoms with Crippen molar-refractivity contribution in [2.24, 2.45) is 5.92 Å². The summed E-state index contributed by atoms with van der Waals surface area (Å²) in [6, 6.07) is 1.61. The van der Waals surface area contributed by atoms with E-state index in [-0.39, 0.29) is 23.7 Å². The number of aromatic amines is 1. The first kappa shape index (κ1) is 14.5. The van der Waals surface area contributed by atoms with Gasteiger partial charge in [-0.05, 0) is 18.9 Å². The maximum Gasteiger partial charge on any atom is 0.290 e. The number of aromatic nitrogens is 4. The van der Waals surface area contributed by atoms with E-state index in [0.29, 0.717) is 13.0 Å². The van der Waals surface area contributed by atoms with Crippen molar-refractivity contribution >= 4 is 11.7 Å². The minimum atomic E-state index is -0.378. The number of rotatable bonds is 6. The zero-order valence-electron chi connectivity index (χ0n) is 12.5. The van der Waals surface area contributed by atoms with Gasteiger partial charge in [0.15, 0.2) is 0 Å². The molecular formula is C15H19N5O2. The quantitative estimate of drug-likeness (QED) is 0.812. The highest BCUT2D eigenvalue weighted by Crippen LogP contribution is 2.36. The van der Waals surface area contributed by atoms with Gasteiger partial charge >= 0.3 is 0 Å². The molecule has 0 aliphatic carbocycles. The summed E-state index contributed by atoms with van der Waals surface area (Å²) in [4.78, 5) is 30.2. The predicted octanol–water partition coefficient (Wildman–Crippen LogP) is 1.18. The Kier molecular flexibility index (Phi) is 4.04. The van der Waals surface area contributed by atoms with Crippen LogP contribution in [-0.2, 0) is 16.1 Å². The molecule has 1 aliphatic heterocycles. The lowest BCUT2D eigenvalue weighted by Crippen LogP contribution is -2.31. The summed E-state index contributed by atoms with van der Waals surface area (Å²) in [5.41, 5.74) is 0.827. The van der Waals surface area contributed by atoms with Crippen LogP contribution in [-0.4, -0.2) is 42.9 Å². The molecule has 0 radical (unpaired) electrons. The van der Waals surface area contributed by atoms with E-state index in [0.717, 1.165) is 18.7 Å². The fourth-order valence-corrected chi connectivity index (χ4v) is 3.09. The van der Waals surface area contributed by atoms with Crippen LogP contribution in [0.15, 0.2) is 31.0 Å². The molecule has 2 unspecified atom stereocenters. The van der Waals surface area contributed by atoms with Gasteiger partial charge in [0.1, 0.15) is 0 Å². The smallest absolute Gasteiger partial charge is 0.290 e. The molecule has 22 heavy (non-hydrogen) atoms. The lowest BCUT2D eigenvalue weighted by atomic mass is 9.94. The van der Waals surface area contributed by atoms with Gasteiger partial charge in [0.25, 0.3) is 5.91 Å². The molecule has 3 heterocycles. The number of hydrogen-bond acceptors (Lipinski definition) is 4. The predicted molar refractivity (Wildman–Crippen MR) is 78.7 cm³/mol. The number of likely N-dealkylation sites (tertiary alicyclic amines) is 1. The van der Waals surface area contributed by atoms with Gasteiger partial charge in [0.05, 0.1) is 24.0 Å². The molecular weight excluding hydrogens is 282 g/mol. The molecule has 1 N–H and O–H groups in total. The monoisotopic (exact) mass is 301 g/mol. The molecule has 0 aromatic carbocycles. The first-order chi connectivity index (χ1) is 10.7. The van der Waals surface area contributed by atoms with Crippen molar-refractivity contribution in [1.82, 2.24) is 24.6 Å². The average molecular weight is 301 g/mol. The Hall–Kier alpha value is -2.44. The second-order valence-electron chi connectivity index (χ2n) is 5.49. The molecule has 7 nitrogen and oxygen atoms in total. The van der Waals surface area contributed by atoms with Crippen molar-refractivity contribution in [2.45, 2.75) is 32.4 Å². The largest absolute Gasteiger partial charge is 0.337 e. The van der Waals surface area contributed by atoms with E-state index in [1.165, 1.54) is 0 Å². The highest BCUT2D eigenvalue weighted by Gasteiger charge is 2.47. The minimum Gasteiger partial charge on any atom is -0.337 e. The van der Waals surface area contributed by atoms with Gasteiger partial charge in [0, 0.05) is 31.7 Å². The van der Waals surface area contributed by atoms with E-state index in [9.17, 15) is 9.59 Å². The fraction of sp³-hybridized carbons (Fsp3) is 0.467. The van der Waals surface area contributed by atoms with Crippen molar-refractivity contribution in [1.29, 1.82) is 0 Å². The number of carbonyl (C=O) groups is 2. The summed E-state index contributed by atoms with van der Waals surface area (Å²) >= 11 is 0. The molecule has 0 saturated carbocycles. The Bertz CT molecular complexity index is 635. The van der Waals surface area contributed by atoms with Crippen LogP contribution in [0.4, 0.5) is 0 Å². The average Bonchev–Trinajstić information content (AvgIpc) is 3.24. The van der Waals surface area contributed by atoms with Crippen LogP contribution in [0.2, 0.25) is 0 Å². The van der Waals surface area contributed by atoms with Crippen LogP contribution in [0.3, 0.4) is 0 Å². The van der Waals surface area contributed by atoms with E-state index in [2.05, 4.69) is 15.2 Å². The third-order valence-electron chi connectivity index (χ3n) is 4.18. The summed E-state index contributed by atoms with van der Waals surface area (Å²) in [7, 11) is 0. The Balaban J connectivity index is 1.74. The van der Waals surface area contributed by atoms with Crippen LogP contribution < -0.4 is 0 Å². The molecule has 7 heteroatoms. The molecule has 2 aromatic rings. The third-order valence-corrected chi connectivity index (χ3v) is 4.18. The second kappa shape index (κ2) is 6.13. The Labute approximate surface area is 128 Å². The Morgan fingerprint density at radius 2 is 2.14 bits per heavy atom. The van der Waals surface area contributed by atoms with Gasteiger partial charge in [-0.25, -0.2) is 4.98 Å². The summed E-state index contributed by atoms with van der Waals surface area (Å²) in [6.45, 7) is 3.25. The molecule has 0 spiro atoms. The van der Waals surface area contributed by atoms with Crippen molar-refractivity contribution in [2.75, 3.05) is 6.54 Å². The van der Waals surface area contributed by atoms with E-state index >= 15 is 0 Å². The molecule has 116 valence electrons. The van der Waals surface area contributed by atoms with Crippen LogP contribution in [0.5, 0.6) is 0 Å². The number of nitrogens with one attached hydrogen (secondary N) is 1. The molecule has 2 aromatic heterocycles. The van der Waals surface area contributed by atoms with Crippen molar-refractivity contribution in [3.05, 3.63) is 36.7 Å². The Morgan fingerprint density at radius 3 is 2.77 bits per heavy atom. The summed E-state index contributed by atoms with van der Waals surface area (Å²) < 4.78 is 1.96. The van der Waals surface area contributed by atoms with E-state index in [4.69, 9.17) is 0 Å². The highest BCUT2D eigenvalue weighted by atomic mass is 16.2. The SMILES string of the molecule is CCC1C(=O)C(=O)N(CCCn2ccnc2)C1c1ccn[nH]1. The molecule has 0 bridgehead atoms. The molecule has 1 amide bonds. The van der Waals surface area contributed by atoms with Crippen molar-refractivity contribution < 1.29 is 9.59 Å². The van der Waals surface area contributed by atoms with Gasteiger partial charge in [-0.1, -0.05) is 6.92 Å². The van der Waals surface area contributed by atoms with Crippen molar-refractivity contribution in [3.8, 4) is 0 Å². The third kappa shape index (κ3) is 2.54. The Morgan fingerprint density at radius 1 is 1.27 bits per heavy atom. The molecule has 2 atom stereocenters. The lowest BCUT2D eigenvalue weighted by Gasteiger charge is -2.25. The first-order valence-corrected chi connectivity index (χ1v) is 7.52. The second-order valence-corrected chi connectivity index (χ2v) is 5.49. The first-order valence-electron chi connectivity index (χ1n) is 7.52. The normalized spacial score (nSPS) is 21.8. The number of aryl methyl sites for hydroxylation is 1. The van der Waals surface area contributed by atoms with Gasteiger partial charge in [-0.3, -0.25) is 14.7 Å². The number of amides is 1. The summed E-state index contributed by atoms with van der Waals surface area (Å²) in [5, 5.41) is 6.86. The van der Waals surface area contributed by atoms with Crippen molar-refractivity contribution in [3.63, 3.8) is 0 Å². The van der Waals surface area contributed by atoms with Gasteiger partial charge < -0.3 is 9.47 Å². The number of ketones is 1. The topological polar surface area (TPSA) is 83.9 Å². The van der Waals surface area contributed by atoms with E-state index in [1.54, 1.807) is 23.6 Å². The number of nitrogens with zero attached hydrogens (tertiary/aromatic N) is 4. The van der Waals surface area contributed by atoms with Gasteiger partial charge in [-0.2, -0.15) is 5.10 Å². The zero-order valence-corrected chi connectivity index (χ0v) is 12.5. The molecule has 3 rings (SSSR count). The standard InChI is InChI=1S/C15H19N5O2/c1-2-11-13(12-4-5-17-18-12)20(15(22)14(11)21)8-3-7-19-9-6-16-10-19/h4-6,9-11,13H,2-3,7-8H2,1H3,(H,17,18). The number of imidazole rings is 1. The van der Waals surface area contributed by atoms with E-state index in [1.807, 2.05) is 23.8 Å². The molecule has 1 fully saturated rings. The van der Waals surface area contributed by atoms with Crippen LogP contribution in [0.1, 0.15) is 31.5 Å². The van der Waals surface area contributed by atoms with Crippen LogP contribution >= 0.6 is 0 Å².